The number of rotatable bonds is 7. The molecule has 8 nitrogen and oxygen atoms in total. The summed E-state index contributed by atoms with van der Waals surface area (Å²) in [6.45, 7) is 0. The molecule has 2 heterocycles. The van der Waals surface area contributed by atoms with Crippen molar-refractivity contribution >= 4 is 23.4 Å². The van der Waals surface area contributed by atoms with Gasteiger partial charge in [0.2, 0.25) is 5.91 Å². The van der Waals surface area contributed by atoms with Gasteiger partial charge < -0.3 is 20.5 Å². The van der Waals surface area contributed by atoms with E-state index < -0.39 is 23.8 Å². The first kappa shape index (κ1) is 21.9. The number of fused-ring (bicyclic) bond motifs is 1. The summed E-state index contributed by atoms with van der Waals surface area (Å²) in [7, 11) is 2.99. The maximum atomic E-state index is 13.6. The summed E-state index contributed by atoms with van der Waals surface area (Å²) in [6.07, 6.45) is 8.85. The molecule has 2 aliphatic heterocycles. The molecule has 3 amide bonds. The van der Waals surface area contributed by atoms with Crippen LogP contribution in [0, 0.1) is 0 Å². The Balaban J connectivity index is 1.80. The number of allylic oxidation sites excluding steroid dienone is 4. The lowest BCUT2D eigenvalue weighted by Crippen LogP contribution is -2.36. The van der Waals surface area contributed by atoms with Crippen molar-refractivity contribution < 1.29 is 23.9 Å². The van der Waals surface area contributed by atoms with Crippen molar-refractivity contribution in [2.75, 3.05) is 14.2 Å². The third-order valence-corrected chi connectivity index (χ3v) is 5.56. The van der Waals surface area contributed by atoms with Gasteiger partial charge in [-0.05, 0) is 35.9 Å². The van der Waals surface area contributed by atoms with Gasteiger partial charge in [-0.3, -0.25) is 19.3 Å². The van der Waals surface area contributed by atoms with Crippen molar-refractivity contribution in [3.05, 3.63) is 89.2 Å². The highest BCUT2D eigenvalue weighted by atomic mass is 16.5. The van der Waals surface area contributed by atoms with E-state index in [9.17, 15) is 14.4 Å². The average Bonchev–Trinajstić information content (AvgIpc) is 2.99. The van der Waals surface area contributed by atoms with Crippen LogP contribution in [-0.4, -0.2) is 36.8 Å². The molecule has 2 aromatic rings. The Bertz CT molecular complexity index is 1230. The van der Waals surface area contributed by atoms with Crippen LogP contribution in [0.25, 0.3) is 5.70 Å². The summed E-state index contributed by atoms with van der Waals surface area (Å²) in [5.74, 6) is -0.732. The smallest absolute Gasteiger partial charge is 0.262 e. The number of hydrogen-bond donors (Lipinski definition) is 2. The van der Waals surface area contributed by atoms with Crippen molar-refractivity contribution in [2.24, 2.45) is 5.73 Å². The van der Waals surface area contributed by atoms with Crippen LogP contribution in [0.2, 0.25) is 0 Å². The molecule has 2 aromatic carbocycles. The lowest BCUT2D eigenvalue weighted by molar-refractivity contribution is -0.118. The maximum absolute atomic E-state index is 13.6. The van der Waals surface area contributed by atoms with Crippen LogP contribution in [0.4, 0.5) is 0 Å². The summed E-state index contributed by atoms with van der Waals surface area (Å²) >= 11 is 0. The minimum Gasteiger partial charge on any atom is -0.493 e. The van der Waals surface area contributed by atoms with Gasteiger partial charge in [0.25, 0.3) is 11.8 Å². The molecule has 0 aromatic heterocycles. The van der Waals surface area contributed by atoms with E-state index in [1.807, 2.05) is 24.3 Å². The summed E-state index contributed by atoms with van der Waals surface area (Å²) in [5.41, 5.74) is 7.85. The number of imide groups is 1. The zero-order valence-electron chi connectivity index (χ0n) is 18.2. The Hall–Kier alpha value is -4.33. The largest absolute Gasteiger partial charge is 0.493 e. The van der Waals surface area contributed by atoms with Crippen LogP contribution in [0.15, 0.2) is 66.9 Å². The standard InChI is InChI=1S/C25H23N3O5/c1-32-20-11-10-15(13-21(20)33-2)19(14-22(26)29)28-24(30)17-8-6-7-16(23(17)25(28)31)18-9-4-3-5-12-27-18/h3-13,19,27H,14H2,1-2H3,(H2,26,29). The molecule has 8 heteroatoms. The van der Waals surface area contributed by atoms with E-state index >= 15 is 0 Å². The Morgan fingerprint density at radius 2 is 1.76 bits per heavy atom. The predicted octanol–water partition coefficient (Wildman–Crippen LogP) is 2.93. The third-order valence-electron chi connectivity index (χ3n) is 5.56. The van der Waals surface area contributed by atoms with Crippen LogP contribution >= 0.6 is 0 Å². The van der Waals surface area contributed by atoms with E-state index in [2.05, 4.69) is 5.32 Å². The second-order valence-electron chi connectivity index (χ2n) is 7.48. The van der Waals surface area contributed by atoms with Gasteiger partial charge in [-0.15, -0.1) is 0 Å². The highest BCUT2D eigenvalue weighted by Crippen LogP contribution is 2.39. The molecule has 33 heavy (non-hydrogen) atoms. The molecule has 3 N–H and O–H groups in total. The van der Waals surface area contributed by atoms with Crippen molar-refractivity contribution in [2.45, 2.75) is 12.5 Å². The molecule has 1 unspecified atom stereocenters. The van der Waals surface area contributed by atoms with Crippen molar-refractivity contribution in [3.63, 3.8) is 0 Å². The lowest BCUT2D eigenvalue weighted by atomic mass is 9.99. The molecule has 1 atom stereocenters. The van der Waals surface area contributed by atoms with E-state index in [1.54, 1.807) is 42.6 Å². The molecule has 0 fully saturated rings. The van der Waals surface area contributed by atoms with Gasteiger partial charge in [0.1, 0.15) is 0 Å². The second-order valence-corrected chi connectivity index (χ2v) is 7.48. The zero-order valence-corrected chi connectivity index (χ0v) is 18.2. The summed E-state index contributed by atoms with van der Waals surface area (Å²) in [5, 5.41) is 3.13. The summed E-state index contributed by atoms with van der Waals surface area (Å²) in [4.78, 5) is 40.1. The van der Waals surface area contributed by atoms with Crippen LogP contribution in [0.3, 0.4) is 0 Å². The number of nitrogens with zero attached hydrogens (tertiary/aromatic N) is 1. The molecular formula is C25H23N3O5. The van der Waals surface area contributed by atoms with Gasteiger partial charge in [0, 0.05) is 17.5 Å². The zero-order chi connectivity index (χ0) is 23.5. The quantitative estimate of drug-likeness (QED) is 0.634. The van der Waals surface area contributed by atoms with Crippen molar-refractivity contribution in [1.29, 1.82) is 0 Å². The van der Waals surface area contributed by atoms with Crippen LogP contribution < -0.4 is 20.5 Å². The van der Waals surface area contributed by atoms with Crippen molar-refractivity contribution in [1.82, 2.24) is 10.2 Å². The third kappa shape index (κ3) is 3.98. The maximum Gasteiger partial charge on any atom is 0.262 e. The molecule has 0 spiro atoms. The Morgan fingerprint density at radius 3 is 2.48 bits per heavy atom. The fourth-order valence-corrected chi connectivity index (χ4v) is 4.04. The lowest BCUT2D eigenvalue weighted by Gasteiger charge is -2.26. The topological polar surface area (TPSA) is 111 Å². The van der Waals surface area contributed by atoms with E-state index in [0.717, 1.165) is 4.90 Å². The molecule has 168 valence electrons. The fraction of sp³-hybridized carbons (Fsp3) is 0.160. The van der Waals surface area contributed by atoms with Gasteiger partial charge in [-0.25, -0.2) is 0 Å². The number of hydrogen-bond acceptors (Lipinski definition) is 6. The van der Waals surface area contributed by atoms with Gasteiger partial charge >= 0.3 is 0 Å². The van der Waals surface area contributed by atoms with E-state index in [1.165, 1.54) is 14.2 Å². The number of ether oxygens (including phenoxy) is 2. The number of nitrogens with one attached hydrogen (secondary N) is 1. The monoisotopic (exact) mass is 445 g/mol. The first-order chi connectivity index (χ1) is 16.0. The van der Waals surface area contributed by atoms with Gasteiger partial charge in [-0.1, -0.05) is 30.4 Å². The van der Waals surface area contributed by atoms with E-state index in [-0.39, 0.29) is 17.5 Å². The SMILES string of the molecule is COc1ccc(C(CC(N)=O)N2C(=O)c3cccc(C4=CC=CC=CN4)c3C2=O)cc1OC. The summed E-state index contributed by atoms with van der Waals surface area (Å²) in [6, 6.07) is 9.19. The normalized spacial score (nSPS) is 15.5. The Morgan fingerprint density at radius 1 is 1.00 bits per heavy atom. The molecule has 0 bridgehead atoms. The molecular weight excluding hydrogens is 422 g/mol. The number of methoxy groups -OCH3 is 2. The molecule has 0 radical (unpaired) electrons. The summed E-state index contributed by atoms with van der Waals surface area (Å²) < 4.78 is 10.6. The minimum atomic E-state index is -0.904. The van der Waals surface area contributed by atoms with Gasteiger partial charge in [-0.2, -0.15) is 0 Å². The van der Waals surface area contributed by atoms with Gasteiger partial charge in [0.05, 0.1) is 37.8 Å². The van der Waals surface area contributed by atoms with Crippen LogP contribution in [0.1, 0.15) is 44.3 Å². The van der Waals surface area contributed by atoms with E-state index in [4.69, 9.17) is 15.2 Å². The highest BCUT2D eigenvalue weighted by Gasteiger charge is 2.43. The van der Waals surface area contributed by atoms with Crippen LogP contribution in [0.5, 0.6) is 11.5 Å². The highest BCUT2D eigenvalue weighted by molar-refractivity contribution is 6.23. The second kappa shape index (κ2) is 9.04. The van der Waals surface area contributed by atoms with Gasteiger partial charge in [0.15, 0.2) is 11.5 Å². The van der Waals surface area contributed by atoms with Crippen molar-refractivity contribution in [3.8, 4) is 11.5 Å². The van der Waals surface area contributed by atoms with E-state index in [0.29, 0.717) is 28.3 Å². The van der Waals surface area contributed by atoms with Crippen LogP contribution in [-0.2, 0) is 4.79 Å². The first-order valence-corrected chi connectivity index (χ1v) is 10.3. The molecule has 0 saturated heterocycles. The average molecular weight is 445 g/mol. The fourth-order valence-electron chi connectivity index (χ4n) is 4.04. The molecule has 4 rings (SSSR count). The predicted molar refractivity (Wildman–Crippen MR) is 122 cm³/mol. The number of nitrogens with two attached hydrogens (primary N) is 1. The number of primary amides is 1. The minimum absolute atomic E-state index is 0.233. The number of carbonyl (C=O) groups excluding carboxylic acids is 3. The number of carbonyl (C=O) groups is 3. The Labute approximate surface area is 191 Å². The molecule has 0 saturated carbocycles. The molecule has 2 aliphatic rings. The Kier molecular flexibility index (Phi) is 5.99. The first-order valence-electron chi connectivity index (χ1n) is 10.3. The number of benzene rings is 2. The number of amides is 3. The molecule has 0 aliphatic carbocycles.